The van der Waals surface area contributed by atoms with Crippen LogP contribution < -0.4 is 9.47 Å². The predicted molar refractivity (Wildman–Crippen MR) is 116 cm³/mol. The van der Waals surface area contributed by atoms with Gasteiger partial charge < -0.3 is 14.4 Å². The summed E-state index contributed by atoms with van der Waals surface area (Å²) >= 11 is 2.72. The number of carbonyl (C=O) groups excluding carboxylic acids is 1. The van der Waals surface area contributed by atoms with Gasteiger partial charge in [0.2, 0.25) is 0 Å². The Hall–Kier alpha value is -2.41. The number of rotatable bonds is 8. The first-order chi connectivity index (χ1) is 15.0. The van der Waals surface area contributed by atoms with Crippen molar-refractivity contribution in [2.24, 2.45) is 0 Å². The van der Waals surface area contributed by atoms with Crippen LogP contribution in [0, 0.1) is 11.2 Å². The van der Waals surface area contributed by atoms with Crippen molar-refractivity contribution < 1.29 is 38.1 Å². The largest absolute Gasteiger partial charge is 0.490 e. The Morgan fingerprint density at radius 3 is 2.30 bits per heavy atom. The van der Waals surface area contributed by atoms with E-state index >= 15 is 4.39 Å². The normalized spacial score (nSPS) is 15.7. The fourth-order valence-corrected chi connectivity index (χ4v) is 4.71. The molecule has 0 spiro atoms. The van der Waals surface area contributed by atoms with Crippen LogP contribution in [-0.2, 0) is 6.54 Å². The quantitative estimate of drug-likeness (QED) is 0.277. The molecule has 5 nitrogen and oxygen atoms in total. The first-order valence-electron chi connectivity index (χ1n) is 9.58. The van der Waals surface area contributed by atoms with E-state index in [1.807, 2.05) is 0 Å². The number of fused-ring (bicyclic) bond motifs is 1. The number of nitrogens with one attached hydrogen (secondary N) is 1. The molecule has 0 aliphatic carbocycles. The Morgan fingerprint density at radius 1 is 1.09 bits per heavy atom. The summed E-state index contributed by atoms with van der Waals surface area (Å²) in [7, 11) is -10.0. The Kier molecular flexibility index (Phi) is 5.98. The molecule has 0 radical (unpaired) electrons. The topological polar surface area (TPSA) is 62.6 Å². The molecule has 1 aliphatic heterocycles. The number of amidine groups is 1. The van der Waals surface area contributed by atoms with Crippen LogP contribution in [0.25, 0.3) is 0 Å². The number of halogens is 7. The number of benzene rings is 2. The summed E-state index contributed by atoms with van der Waals surface area (Å²) < 4.78 is 91.5. The second-order valence-corrected chi connectivity index (χ2v) is 10.5. The molecule has 13 heteroatoms. The van der Waals surface area contributed by atoms with E-state index < -0.39 is 38.8 Å². The molecule has 2 aromatic rings. The van der Waals surface area contributed by atoms with Crippen molar-refractivity contribution in [3.63, 3.8) is 0 Å². The van der Waals surface area contributed by atoms with Crippen molar-refractivity contribution in [3.05, 3.63) is 51.2 Å². The molecule has 1 N–H and O–H groups in total. The summed E-state index contributed by atoms with van der Waals surface area (Å²) in [6, 6.07) is 2.73. The summed E-state index contributed by atoms with van der Waals surface area (Å²) in [5.74, 6) is -2.27. The molecule has 0 saturated carbocycles. The van der Waals surface area contributed by atoms with E-state index in [0.717, 1.165) is 11.0 Å². The SMILES string of the molecule is CCOc1cc2c(c(F)c1OCC)C(=N)N(CC(=O)c1cc(Br)cc(S(F)(F)(F)(F)F)c1)C2. The van der Waals surface area contributed by atoms with E-state index in [-0.39, 0.29) is 59.3 Å². The van der Waals surface area contributed by atoms with E-state index in [1.54, 1.807) is 13.8 Å². The summed E-state index contributed by atoms with van der Waals surface area (Å²) in [5, 5.41) is 8.27. The second-order valence-electron chi connectivity index (χ2n) is 7.19. The molecule has 0 fully saturated rings. The summed E-state index contributed by atoms with van der Waals surface area (Å²) in [4.78, 5) is 11.6. The first kappa shape index (κ1) is 25.2. The zero-order chi connectivity index (χ0) is 24.8. The van der Waals surface area contributed by atoms with Gasteiger partial charge in [-0.2, -0.15) is 0 Å². The number of hydrogen-bond acceptors (Lipinski definition) is 4. The lowest BCUT2D eigenvalue weighted by atomic mass is 10.1. The molecule has 1 heterocycles. The molecular formula is C20H19BrF6N2O3S. The van der Waals surface area contributed by atoms with Crippen LogP contribution in [-0.4, -0.2) is 36.3 Å². The number of hydrogen-bond donors (Lipinski definition) is 1. The average Bonchev–Trinajstić information content (AvgIpc) is 2.98. The van der Waals surface area contributed by atoms with Crippen molar-refractivity contribution in [1.82, 2.24) is 4.90 Å². The van der Waals surface area contributed by atoms with Crippen LogP contribution in [0.15, 0.2) is 33.6 Å². The predicted octanol–water partition coefficient (Wildman–Crippen LogP) is 7.07. The molecule has 0 bridgehead atoms. The van der Waals surface area contributed by atoms with E-state index in [1.165, 1.54) is 6.07 Å². The number of Topliss-reactive ketones (excluding diaryl/α,β-unsaturated/α-hetero) is 1. The summed E-state index contributed by atoms with van der Waals surface area (Å²) in [6.07, 6.45) is 0. The minimum absolute atomic E-state index is 0.0858. The minimum Gasteiger partial charge on any atom is -0.490 e. The van der Waals surface area contributed by atoms with Crippen LogP contribution in [0.3, 0.4) is 0 Å². The van der Waals surface area contributed by atoms with Crippen molar-refractivity contribution in [1.29, 1.82) is 5.41 Å². The van der Waals surface area contributed by atoms with Gasteiger partial charge in [-0.15, -0.1) is 0 Å². The van der Waals surface area contributed by atoms with E-state index in [2.05, 4.69) is 15.9 Å². The molecule has 1 aliphatic rings. The number of carbonyl (C=O) groups is 1. The van der Waals surface area contributed by atoms with E-state index in [4.69, 9.17) is 14.9 Å². The Labute approximate surface area is 194 Å². The van der Waals surface area contributed by atoms with Crippen LogP contribution in [0.5, 0.6) is 11.5 Å². The fourth-order valence-electron chi connectivity index (χ4n) is 3.37. The van der Waals surface area contributed by atoms with Gasteiger partial charge in [-0.05, 0) is 43.7 Å². The van der Waals surface area contributed by atoms with Gasteiger partial charge in [0.05, 0.1) is 25.3 Å². The zero-order valence-electron chi connectivity index (χ0n) is 17.4. The molecule has 0 amide bonds. The molecule has 0 unspecified atom stereocenters. The number of ether oxygens (including phenoxy) is 2. The van der Waals surface area contributed by atoms with Crippen LogP contribution >= 0.6 is 26.2 Å². The molecule has 3 rings (SSSR count). The first-order valence-corrected chi connectivity index (χ1v) is 12.3. The molecule has 0 aromatic heterocycles. The van der Waals surface area contributed by atoms with Crippen LogP contribution in [0.4, 0.5) is 23.8 Å². The Bertz CT molecular complexity index is 1160. The maximum atomic E-state index is 15.1. The molecular weight excluding hydrogens is 542 g/mol. The van der Waals surface area contributed by atoms with Crippen molar-refractivity contribution in [2.75, 3.05) is 19.8 Å². The van der Waals surface area contributed by atoms with Crippen LogP contribution in [0.2, 0.25) is 0 Å². The van der Waals surface area contributed by atoms with Crippen molar-refractivity contribution in [2.45, 2.75) is 25.3 Å². The van der Waals surface area contributed by atoms with Crippen molar-refractivity contribution in [3.8, 4) is 11.5 Å². The van der Waals surface area contributed by atoms with Gasteiger partial charge in [-0.1, -0.05) is 35.4 Å². The van der Waals surface area contributed by atoms with Crippen molar-refractivity contribution >= 4 is 37.8 Å². The molecule has 2 aromatic carbocycles. The maximum Gasteiger partial charge on any atom is 0.310 e. The lowest BCUT2D eigenvalue weighted by Gasteiger charge is -2.40. The highest BCUT2D eigenvalue weighted by molar-refractivity contribution is 9.10. The highest BCUT2D eigenvalue weighted by Crippen LogP contribution is 3.02. The third-order valence-electron chi connectivity index (χ3n) is 4.75. The fraction of sp³-hybridized carbons (Fsp3) is 0.300. The third kappa shape index (κ3) is 5.24. The van der Waals surface area contributed by atoms with Gasteiger partial charge in [0.25, 0.3) is 0 Å². The lowest BCUT2D eigenvalue weighted by Crippen LogP contribution is -2.30. The van der Waals surface area contributed by atoms with Gasteiger partial charge in [-0.25, -0.2) is 4.39 Å². The lowest BCUT2D eigenvalue weighted by molar-refractivity contribution is 0.0962. The van der Waals surface area contributed by atoms with Gasteiger partial charge in [-0.3, -0.25) is 10.2 Å². The van der Waals surface area contributed by atoms with E-state index in [9.17, 15) is 24.2 Å². The number of ketones is 1. The van der Waals surface area contributed by atoms with E-state index in [0.29, 0.717) is 5.56 Å². The third-order valence-corrected chi connectivity index (χ3v) is 6.33. The highest BCUT2D eigenvalue weighted by atomic mass is 79.9. The number of nitrogens with zero attached hydrogens (tertiary/aromatic N) is 1. The minimum atomic E-state index is -10.0. The molecule has 182 valence electrons. The zero-order valence-corrected chi connectivity index (χ0v) is 19.8. The van der Waals surface area contributed by atoms with Gasteiger partial charge >= 0.3 is 10.2 Å². The Morgan fingerprint density at radius 2 is 1.73 bits per heavy atom. The van der Waals surface area contributed by atoms with Gasteiger partial charge in [0.1, 0.15) is 10.7 Å². The van der Waals surface area contributed by atoms with Crippen LogP contribution in [0.1, 0.15) is 35.3 Å². The average molecular weight is 561 g/mol. The monoisotopic (exact) mass is 560 g/mol. The van der Waals surface area contributed by atoms with Gasteiger partial charge in [0, 0.05) is 16.6 Å². The molecule has 33 heavy (non-hydrogen) atoms. The molecule has 0 saturated heterocycles. The maximum absolute atomic E-state index is 15.1. The molecule has 0 atom stereocenters. The second kappa shape index (κ2) is 7.83. The summed E-state index contributed by atoms with van der Waals surface area (Å²) in [5.41, 5.74) is -0.433. The van der Waals surface area contributed by atoms with Gasteiger partial charge in [0.15, 0.2) is 23.1 Å². The summed E-state index contributed by atoms with van der Waals surface area (Å²) in [6.45, 7) is 2.94. The highest BCUT2D eigenvalue weighted by Gasteiger charge is 2.65. The smallest absolute Gasteiger partial charge is 0.310 e. The standard InChI is InChI=1S/C20H19BrF6N2O3S/c1-3-31-16-7-12-9-29(20(28)17(12)18(22)19(16)32-4-2)10-15(30)11-5-13(21)8-14(6-11)33(23,24,25,26)27/h5-8,28H,3-4,9-10H2,1-2H3. The Balaban J connectivity index is 1.92.